The van der Waals surface area contributed by atoms with Crippen molar-refractivity contribution in [2.45, 2.75) is 75.9 Å². The van der Waals surface area contributed by atoms with Crippen LogP contribution in [0.15, 0.2) is 6.07 Å². The van der Waals surface area contributed by atoms with Gasteiger partial charge in [-0.25, -0.2) is 4.68 Å². The van der Waals surface area contributed by atoms with Crippen molar-refractivity contribution in [3.8, 4) is 0 Å². The molecule has 0 radical (unpaired) electrons. The molecule has 2 aliphatic heterocycles. The molecule has 0 bridgehead atoms. The van der Waals surface area contributed by atoms with Gasteiger partial charge in [-0.05, 0) is 32.1 Å². The van der Waals surface area contributed by atoms with Crippen molar-refractivity contribution in [3.63, 3.8) is 0 Å². The molecule has 116 valence electrons. The summed E-state index contributed by atoms with van der Waals surface area (Å²) in [6.07, 6.45) is 12.1. The van der Waals surface area contributed by atoms with E-state index in [9.17, 15) is 0 Å². The van der Waals surface area contributed by atoms with Gasteiger partial charge in [-0.1, -0.05) is 25.7 Å². The SMILES string of the molecule is c1c(C2CCCCCC2)nn2c1NCCC2C1CCCO1. The predicted molar refractivity (Wildman–Crippen MR) is 83.8 cm³/mol. The number of anilines is 1. The van der Waals surface area contributed by atoms with Crippen LogP contribution in [0.2, 0.25) is 0 Å². The Morgan fingerprint density at radius 1 is 1.05 bits per heavy atom. The van der Waals surface area contributed by atoms with Crippen LogP contribution in [-0.4, -0.2) is 29.0 Å². The van der Waals surface area contributed by atoms with E-state index in [2.05, 4.69) is 16.1 Å². The average Bonchev–Trinajstić information content (AvgIpc) is 3.10. The molecule has 3 heterocycles. The molecule has 2 atom stereocenters. The Labute approximate surface area is 127 Å². The van der Waals surface area contributed by atoms with Crippen molar-refractivity contribution < 1.29 is 4.74 Å². The lowest BCUT2D eigenvalue weighted by molar-refractivity contribution is 0.0590. The van der Waals surface area contributed by atoms with Crippen LogP contribution in [0.25, 0.3) is 0 Å². The van der Waals surface area contributed by atoms with Crippen LogP contribution >= 0.6 is 0 Å². The van der Waals surface area contributed by atoms with Crippen LogP contribution in [0.4, 0.5) is 5.82 Å². The molecule has 4 heteroatoms. The lowest BCUT2D eigenvalue weighted by Gasteiger charge is -2.29. The largest absolute Gasteiger partial charge is 0.376 e. The first-order valence-corrected chi connectivity index (χ1v) is 8.87. The molecule has 4 rings (SSSR count). The van der Waals surface area contributed by atoms with E-state index >= 15 is 0 Å². The van der Waals surface area contributed by atoms with Gasteiger partial charge in [0.15, 0.2) is 0 Å². The third-order valence-electron chi connectivity index (χ3n) is 5.48. The summed E-state index contributed by atoms with van der Waals surface area (Å²) < 4.78 is 8.19. The van der Waals surface area contributed by atoms with Crippen LogP contribution in [0.1, 0.15) is 75.4 Å². The van der Waals surface area contributed by atoms with Crippen molar-refractivity contribution in [2.75, 3.05) is 18.5 Å². The molecule has 1 saturated heterocycles. The number of nitrogens with one attached hydrogen (secondary N) is 1. The number of fused-ring (bicyclic) bond motifs is 1. The minimum absolute atomic E-state index is 0.382. The Balaban J connectivity index is 1.57. The molecule has 2 unspecified atom stereocenters. The first-order chi connectivity index (χ1) is 10.4. The first kappa shape index (κ1) is 13.6. The monoisotopic (exact) mass is 289 g/mol. The molecular formula is C17H27N3O. The molecule has 1 saturated carbocycles. The van der Waals surface area contributed by atoms with Gasteiger partial charge in [0.1, 0.15) is 5.82 Å². The second-order valence-electron chi connectivity index (χ2n) is 6.92. The zero-order chi connectivity index (χ0) is 14.1. The summed E-state index contributed by atoms with van der Waals surface area (Å²) in [7, 11) is 0. The summed E-state index contributed by atoms with van der Waals surface area (Å²) >= 11 is 0. The standard InChI is InChI=1S/C17H27N3O/c1-2-4-7-13(6-3-1)14-12-17-18-10-9-15(20(17)19-14)16-8-5-11-21-16/h12-13,15-16,18H,1-11H2. The van der Waals surface area contributed by atoms with E-state index in [-0.39, 0.29) is 0 Å². The predicted octanol–water partition coefficient (Wildman–Crippen LogP) is 3.86. The van der Waals surface area contributed by atoms with Crippen LogP contribution in [-0.2, 0) is 4.74 Å². The van der Waals surface area contributed by atoms with Gasteiger partial charge in [0.05, 0.1) is 17.8 Å². The summed E-state index contributed by atoms with van der Waals surface area (Å²) in [6, 6.07) is 2.76. The van der Waals surface area contributed by atoms with Gasteiger partial charge in [0, 0.05) is 25.1 Å². The first-order valence-electron chi connectivity index (χ1n) is 8.87. The number of nitrogens with zero attached hydrogens (tertiary/aromatic N) is 2. The topological polar surface area (TPSA) is 39.1 Å². The Hall–Kier alpha value is -1.03. The maximum absolute atomic E-state index is 5.94. The second kappa shape index (κ2) is 5.99. The second-order valence-corrected chi connectivity index (χ2v) is 6.92. The number of rotatable bonds is 2. The lowest BCUT2D eigenvalue weighted by atomic mass is 9.97. The van der Waals surface area contributed by atoms with Crippen LogP contribution in [0.5, 0.6) is 0 Å². The van der Waals surface area contributed by atoms with Crippen LogP contribution in [0.3, 0.4) is 0 Å². The van der Waals surface area contributed by atoms with Crippen molar-refractivity contribution in [1.82, 2.24) is 9.78 Å². The summed E-state index contributed by atoms with van der Waals surface area (Å²) in [6.45, 7) is 1.99. The van der Waals surface area contributed by atoms with Crippen LogP contribution < -0.4 is 5.32 Å². The number of hydrogen-bond acceptors (Lipinski definition) is 3. The third kappa shape index (κ3) is 2.70. The zero-order valence-corrected chi connectivity index (χ0v) is 12.9. The fourth-order valence-corrected chi connectivity index (χ4v) is 4.29. The van der Waals surface area contributed by atoms with Crippen molar-refractivity contribution >= 4 is 5.82 Å². The fourth-order valence-electron chi connectivity index (χ4n) is 4.29. The quantitative estimate of drug-likeness (QED) is 0.840. The molecule has 0 amide bonds. The van der Waals surface area contributed by atoms with Gasteiger partial charge >= 0.3 is 0 Å². The number of ether oxygens (including phenoxy) is 1. The van der Waals surface area contributed by atoms with Gasteiger partial charge in [-0.3, -0.25) is 0 Å². The molecular weight excluding hydrogens is 262 g/mol. The Bertz CT molecular complexity index is 470. The highest BCUT2D eigenvalue weighted by Crippen LogP contribution is 2.36. The Kier molecular flexibility index (Phi) is 3.89. The summed E-state index contributed by atoms with van der Waals surface area (Å²) in [5, 5.41) is 8.55. The molecule has 3 aliphatic rings. The van der Waals surface area contributed by atoms with E-state index in [0.29, 0.717) is 18.1 Å². The highest BCUT2D eigenvalue weighted by molar-refractivity contribution is 5.40. The number of hydrogen-bond donors (Lipinski definition) is 1. The molecule has 1 aromatic heterocycles. The van der Waals surface area contributed by atoms with E-state index < -0.39 is 0 Å². The minimum Gasteiger partial charge on any atom is -0.376 e. The average molecular weight is 289 g/mol. The molecule has 2 fully saturated rings. The van der Waals surface area contributed by atoms with Gasteiger partial charge in [-0.2, -0.15) is 5.10 Å². The maximum atomic E-state index is 5.94. The summed E-state index contributed by atoms with van der Waals surface area (Å²) in [5.74, 6) is 1.90. The molecule has 0 spiro atoms. The molecule has 21 heavy (non-hydrogen) atoms. The molecule has 0 aromatic carbocycles. The smallest absolute Gasteiger partial charge is 0.124 e. The number of aromatic nitrogens is 2. The molecule has 1 aromatic rings. The molecule has 4 nitrogen and oxygen atoms in total. The van der Waals surface area contributed by atoms with E-state index in [1.165, 1.54) is 62.9 Å². The van der Waals surface area contributed by atoms with Gasteiger partial charge in [0.25, 0.3) is 0 Å². The van der Waals surface area contributed by atoms with E-state index in [1.54, 1.807) is 0 Å². The van der Waals surface area contributed by atoms with Crippen molar-refractivity contribution in [3.05, 3.63) is 11.8 Å². The summed E-state index contributed by atoms with van der Waals surface area (Å²) in [4.78, 5) is 0. The van der Waals surface area contributed by atoms with Gasteiger partial charge < -0.3 is 10.1 Å². The van der Waals surface area contributed by atoms with Gasteiger partial charge in [-0.15, -0.1) is 0 Å². The third-order valence-corrected chi connectivity index (χ3v) is 5.48. The normalized spacial score (nSPS) is 30.7. The van der Waals surface area contributed by atoms with Crippen LogP contribution in [0, 0.1) is 0 Å². The zero-order valence-electron chi connectivity index (χ0n) is 12.9. The molecule has 1 aliphatic carbocycles. The Morgan fingerprint density at radius 3 is 2.67 bits per heavy atom. The highest BCUT2D eigenvalue weighted by atomic mass is 16.5. The molecule has 1 N–H and O–H groups in total. The van der Waals surface area contributed by atoms with Gasteiger partial charge in [0.2, 0.25) is 0 Å². The fraction of sp³-hybridized carbons (Fsp3) is 0.824. The van der Waals surface area contributed by atoms with Crippen molar-refractivity contribution in [2.24, 2.45) is 0 Å². The Morgan fingerprint density at radius 2 is 1.90 bits per heavy atom. The minimum atomic E-state index is 0.382. The highest BCUT2D eigenvalue weighted by Gasteiger charge is 2.32. The lowest BCUT2D eigenvalue weighted by Crippen LogP contribution is -2.31. The maximum Gasteiger partial charge on any atom is 0.124 e. The van der Waals surface area contributed by atoms with E-state index in [0.717, 1.165) is 19.6 Å². The van der Waals surface area contributed by atoms with E-state index in [4.69, 9.17) is 9.84 Å². The van der Waals surface area contributed by atoms with E-state index in [1.807, 2.05) is 0 Å². The summed E-state index contributed by atoms with van der Waals surface area (Å²) in [5.41, 5.74) is 1.32. The van der Waals surface area contributed by atoms with Crippen molar-refractivity contribution in [1.29, 1.82) is 0 Å².